The van der Waals surface area contributed by atoms with Crippen LogP contribution in [0.4, 0.5) is 8.78 Å². The average molecular weight is 166 g/mol. The Balaban J connectivity index is 2.55. The minimum absolute atomic E-state index is 0.345. The number of hydrogen-bond acceptors (Lipinski definition) is 2. The summed E-state index contributed by atoms with van der Waals surface area (Å²) in [7, 11) is 0. The van der Waals surface area contributed by atoms with Gasteiger partial charge in [-0.05, 0) is 19.8 Å². The number of hydrogen-bond donors (Lipinski definition) is 1. The van der Waals surface area contributed by atoms with Crippen LogP contribution in [0.2, 0.25) is 0 Å². The van der Waals surface area contributed by atoms with Crippen molar-refractivity contribution in [2.45, 2.75) is 37.9 Å². The second-order valence-electron chi connectivity index (χ2n) is 2.85. The summed E-state index contributed by atoms with van der Waals surface area (Å²) in [6.45, 7) is 1.47. The van der Waals surface area contributed by atoms with Gasteiger partial charge in [0.05, 0.1) is 0 Å². The molecule has 0 amide bonds. The van der Waals surface area contributed by atoms with Crippen LogP contribution in [-0.2, 0) is 4.74 Å². The lowest BCUT2D eigenvalue weighted by atomic mass is 10.1. The predicted octanol–water partition coefficient (Wildman–Crippen LogP) is 1.18. The van der Waals surface area contributed by atoms with Crippen molar-refractivity contribution in [3.8, 4) is 0 Å². The standard InChI is InChI=1S/C7H12F2O2/c1-5(10)7(8,9)6-3-2-4-11-6/h5-6,10H,2-4H2,1H3. The van der Waals surface area contributed by atoms with Gasteiger partial charge in [0.15, 0.2) is 0 Å². The number of ether oxygens (including phenoxy) is 1. The van der Waals surface area contributed by atoms with Crippen LogP contribution in [0.25, 0.3) is 0 Å². The highest BCUT2D eigenvalue weighted by molar-refractivity contribution is 4.85. The summed E-state index contributed by atoms with van der Waals surface area (Å²) in [5.41, 5.74) is 0. The van der Waals surface area contributed by atoms with Gasteiger partial charge in [-0.1, -0.05) is 0 Å². The monoisotopic (exact) mass is 166 g/mol. The van der Waals surface area contributed by atoms with E-state index in [0.717, 1.165) is 6.92 Å². The molecule has 0 aromatic rings. The molecule has 0 bridgehead atoms. The Hall–Kier alpha value is -0.220. The van der Waals surface area contributed by atoms with Crippen LogP contribution in [0.5, 0.6) is 0 Å². The van der Waals surface area contributed by atoms with Crippen LogP contribution in [-0.4, -0.2) is 29.8 Å². The molecule has 0 aliphatic carbocycles. The predicted molar refractivity (Wildman–Crippen MR) is 35.6 cm³/mol. The van der Waals surface area contributed by atoms with E-state index in [1.807, 2.05) is 0 Å². The molecule has 1 saturated heterocycles. The topological polar surface area (TPSA) is 29.5 Å². The van der Waals surface area contributed by atoms with Crippen molar-refractivity contribution in [3.63, 3.8) is 0 Å². The molecule has 1 rings (SSSR count). The van der Waals surface area contributed by atoms with Gasteiger partial charge in [-0.25, -0.2) is 8.78 Å². The molecule has 66 valence electrons. The Morgan fingerprint density at radius 3 is 2.64 bits per heavy atom. The van der Waals surface area contributed by atoms with Crippen LogP contribution in [0.15, 0.2) is 0 Å². The molecule has 0 radical (unpaired) electrons. The molecule has 2 nitrogen and oxygen atoms in total. The van der Waals surface area contributed by atoms with Crippen LogP contribution < -0.4 is 0 Å². The van der Waals surface area contributed by atoms with Crippen LogP contribution in [0.1, 0.15) is 19.8 Å². The first-order valence-electron chi connectivity index (χ1n) is 3.72. The van der Waals surface area contributed by atoms with Crippen LogP contribution in [0.3, 0.4) is 0 Å². The number of halogens is 2. The molecule has 0 aromatic carbocycles. The number of rotatable bonds is 2. The third kappa shape index (κ3) is 1.68. The van der Waals surface area contributed by atoms with Crippen molar-refractivity contribution in [1.29, 1.82) is 0 Å². The zero-order valence-corrected chi connectivity index (χ0v) is 6.39. The summed E-state index contributed by atoms with van der Waals surface area (Å²) in [6, 6.07) is 0. The number of aliphatic hydroxyl groups excluding tert-OH is 1. The van der Waals surface area contributed by atoms with Crippen molar-refractivity contribution in [3.05, 3.63) is 0 Å². The van der Waals surface area contributed by atoms with Gasteiger partial charge < -0.3 is 9.84 Å². The maximum atomic E-state index is 12.9. The van der Waals surface area contributed by atoms with Gasteiger partial charge in [0.1, 0.15) is 12.2 Å². The molecule has 1 aliphatic rings. The molecule has 0 saturated carbocycles. The molecule has 0 spiro atoms. The molecule has 1 fully saturated rings. The van der Waals surface area contributed by atoms with E-state index in [0.29, 0.717) is 19.4 Å². The van der Waals surface area contributed by atoms with E-state index in [4.69, 9.17) is 9.84 Å². The van der Waals surface area contributed by atoms with Crippen molar-refractivity contribution < 1.29 is 18.6 Å². The summed E-state index contributed by atoms with van der Waals surface area (Å²) in [6.07, 6.45) is -1.70. The molecule has 2 atom stereocenters. The second-order valence-corrected chi connectivity index (χ2v) is 2.85. The van der Waals surface area contributed by atoms with Crippen LogP contribution >= 0.6 is 0 Å². The van der Waals surface area contributed by atoms with Crippen LogP contribution in [0, 0.1) is 0 Å². The quantitative estimate of drug-likeness (QED) is 0.667. The average Bonchev–Trinajstić information content (AvgIpc) is 2.37. The molecule has 1 N–H and O–H groups in total. The largest absolute Gasteiger partial charge is 0.387 e. The Bertz CT molecular complexity index is 130. The lowest BCUT2D eigenvalue weighted by molar-refractivity contribution is -0.174. The van der Waals surface area contributed by atoms with E-state index >= 15 is 0 Å². The molecular weight excluding hydrogens is 154 g/mol. The van der Waals surface area contributed by atoms with Crippen molar-refractivity contribution in [2.24, 2.45) is 0 Å². The summed E-state index contributed by atoms with van der Waals surface area (Å²) in [4.78, 5) is 0. The van der Waals surface area contributed by atoms with Gasteiger partial charge in [-0.2, -0.15) is 0 Å². The minimum atomic E-state index is -3.09. The first kappa shape index (κ1) is 8.87. The number of aliphatic hydroxyl groups is 1. The zero-order valence-electron chi connectivity index (χ0n) is 6.39. The second kappa shape index (κ2) is 3.03. The smallest absolute Gasteiger partial charge is 0.298 e. The third-order valence-corrected chi connectivity index (χ3v) is 1.92. The maximum absolute atomic E-state index is 12.9. The van der Waals surface area contributed by atoms with E-state index in [1.165, 1.54) is 0 Å². The molecule has 1 aliphatic heterocycles. The van der Waals surface area contributed by atoms with Crippen molar-refractivity contribution in [1.82, 2.24) is 0 Å². The summed E-state index contributed by atoms with van der Waals surface area (Å²) in [5.74, 6) is -3.09. The summed E-state index contributed by atoms with van der Waals surface area (Å²) < 4.78 is 30.5. The molecule has 2 unspecified atom stereocenters. The Kier molecular flexibility index (Phi) is 2.44. The third-order valence-electron chi connectivity index (χ3n) is 1.92. The summed E-state index contributed by atoms with van der Waals surface area (Å²) >= 11 is 0. The van der Waals surface area contributed by atoms with E-state index < -0.39 is 18.1 Å². The zero-order chi connectivity index (χ0) is 8.48. The van der Waals surface area contributed by atoms with E-state index in [9.17, 15) is 8.78 Å². The SMILES string of the molecule is CC(O)C(F)(F)C1CCCO1. The fourth-order valence-electron chi connectivity index (χ4n) is 1.15. The van der Waals surface area contributed by atoms with Gasteiger partial charge >= 0.3 is 0 Å². The first-order chi connectivity index (χ1) is 5.05. The normalized spacial score (nSPS) is 28.9. The Labute approximate surface area is 64.2 Å². The maximum Gasteiger partial charge on any atom is 0.298 e. The lowest BCUT2D eigenvalue weighted by Crippen LogP contribution is -2.42. The minimum Gasteiger partial charge on any atom is -0.387 e. The van der Waals surface area contributed by atoms with E-state index in [-0.39, 0.29) is 0 Å². The van der Waals surface area contributed by atoms with Crippen molar-refractivity contribution >= 4 is 0 Å². The van der Waals surface area contributed by atoms with Gasteiger partial charge in [0, 0.05) is 6.61 Å². The van der Waals surface area contributed by atoms with Gasteiger partial charge in [-0.15, -0.1) is 0 Å². The highest BCUT2D eigenvalue weighted by atomic mass is 19.3. The first-order valence-corrected chi connectivity index (χ1v) is 3.72. The fraction of sp³-hybridized carbons (Fsp3) is 1.00. The fourth-order valence-corrected chi connectivity index (χ4v) is 1.15. The highest BCUT2D eigenvalue weighted by Gasteiger charge is 2.46. The molecule has 11 heavy (non-hydrogen) atoms. The van der Waals surface area contributed by atoms with Crippen molar-refractivity contribution in [2.75, 3.05) is 6.61 Å². The van der Waals surface area contributed by atoms with E-state index in [1.54, 1.807) is 0 Å². The van der Waals surface area contributed by atoms with Gasteiger partial charge in [-0.3, -0.25) is 0 Å². The number of alkyl halides is 2. The lowest BCUT2D eigenvalue weighted by Gasteiger charge is -2.24. The molecule has 0 aromatic heterocycles. The molecule has 1 heterocycles. The van der Waals surface area contributed by atoms with Gasteiger partial charge in [0.25, 0.3) is 5.92 Å². The Morgan fingerprint density at radius 2 is 2.27 bits per heavy atom. The Morgan fingerprint density at radius 1 is 1.64 bits per heavy atom. The highest BCUT2D eigenvalue weighted by Crippen LogP contribution is 2.31. The molecular formula is C7H12F2O2. The van der Waals surface area contributed by atoms with Gasteiger partial charge in [0.2, 0.25) is 0 Å². The molecule has 4 heteroatoms. The van der Waals surface area contributed by atoms with E-state index in [2.05, 4.69) is 0 Å². The summed E-state index contributed by atoms with van der Waals surface area (Å²) in [5, 5.41) is 8.71.